The quantitative estimate of drug-likeness (QED) is 0.207. The molecule has 208 valence electrons. The van der Waals surface area contributed by atoms with Crippen molar-refractivity contribution in [1.82, 2.24) is 21.3 Å². The van der Waals surface area contributed by atoms with Gasteiger partial charge in [-0.05, 0) is 37.3 Å². The summed E-state index contributed by atoms with van der Waals surface area (Å²) < 4.78 is 0. The number of unbranched alkanes of at least 4 members (excludes halogenated alkanes) is 6. The smallest absolute Gasteiger partial charge is 0.251 e. The van der Waals surface area contributed by atoms with Crippen LogP contribution in [0.25, 0.3) is 0 Å². The molecule has 0 fully saturated rings. The summed E-state index contributed by atoms with van der Waals surface area (Å²) in [6.45, 7) is 9.07. The standard InChI is InChI=1S/C29H48N4O4/c1-5-7-9-14-20-30-25(34)19-18-24(28(36)31-21-15-10-8-6-2)32-29(37)26(22(3)4)33-27(35)23-16-12-11-13-17-23/h11-13,16-17,22,24,26H,5-10,14-15,18-21H2,1-4H3,(H,30,34)(H,31,36)(H,32,37)(H,33,35)/t24-,26-/m1/s1. The number of rotatable bonds is 19. The van der Waals surface area contributed by atoms with E-state index in [1.807, 2.05) is 19.9 Å². The van der Waals surface area contributed by atoms with Crippen molar-refractivity contribution in [2.24, 2.45) is 5.92 Å². The molecule has 37 heavy (non-hydrogen) atoms. The molecule has 0 saturated heterocycles. The third-order valence-corrected chi connectivity index (χ3v) is 6.25. The highest BCUT2D eigenvalue weighted by Crippen LogP contribution is 2.08. The Morgan fingerprint density at radius 2 is 1.32 bits per heavy atom. The van der Waals surface area contributed by atoms with Crippen molar-refractivity contribution in [1.29, 1.82) is 0 Å². The van der Waals surface area contributed by atoms with Gasteiger partial charge < -0.3 is 21.3 Å². The minimum Gasteiger partial charge on any atom is -0.356 e. The average molecular weight is 517 g/mol. The Morgan fingerprint density at radius 1 is 0.730 bits per heavy atom. The molecule has 0 aliphatic rings. The van der Waals surface area contributed by atoms with Crippen molar-refractivity contribution < 1.29 is 19.2 Å². The molecule has 0 spiro atoms. The van der Waals surface area contributed by atoms with Crippen molar-refractivity contribution in [3.8, 4) is 0 Å². The molecule has 8 heteroatoms. The van der Waals surface area contributed by atoms with Crippen LogP contribution >= 0.6 is 0 Å². The van der Waals surface area contributed by atoms with Gasteiger partial charge in [0.1, 0.15) is 12.1 Å². The van der Waals surface area contributed by atoms with Crippen molar-refractivity contribution in [2.45, 2.75) is 104 Å². The number of carbonyl (C=O) groups excluding carboxylic acids is 4. The van der Waals surface area contributed by atoms with Crippen LogP contribution < -0.4 is 21.3 Å². The number of amides is 4. The van der Waals surface area contributed by atoms with Gasteiger partial charge in [0.25, 0.3) is 5.91 Å². The maximum absolute atomic E-state index is 13.2. The summed E-state index contributed by atoms with van der Waals surface area (Å²) in [5.74, 6) is -1.43. The maximum Gasteiger partial charge on any atom is 0.251 e. The first kappa shape index (κ1) is 32.1. The first-order valence-corrected chi connectivity index (χ1v) is 14.0. The fourth-order valence-electron chi connectivity index (χ4n) is 3.91. The Morgan fingerprint density at radius 3 is 1.89 bits per heavy atom. The summed E-state index contributed by atoms with van der Waals surface area (Å²) >= 11 is 0. The highest BCUT2D eigenvalue weighted by atomic mass is 16.2. The highest BCUT2D eigenvalue weighted by Gasteiger charge is 2.29. The zero-order valence-electron chi connectivity index (χ0n) is 23.2. The van der Waals surface area contributed by atoms with E-state index in [1.54, 1.807) is 24.3 Å². The van der Waals surface area contributed by atoms with Crippen molar-refractivity contribution in [2.75, 3.05) is 13.1 Å². The second-order valence-electron chi connectivity index (χ2n) is 9.92. The van der Waals surface area contributed by atoms with Crippen LogP contribution in [0.3, 0.4) is 0 Å². The fourth-order valence-corrected chi connectivity index (χ4v) is 3.91. The lowest BCUT2D eigenvalue weighted by Crippen LogP contribution is -2.55. The third-order valence-electron chi connectivity index (χ3n) is 6.25. The topological polar surface area (TPSA) is 116 Å². The second kappa shape index (κ2) is 19.2. The van der Waals surface area contributed by atoms with Gasteiger partial charge in [-0.1, -0.05) is 84.4 Å². The van der Waals surface area contributed by atoms with Gasteiger partial charge in [0.05, 0.1) is 0 Å². The van der Waals surface area contributed by atoms with Crippen LogP contribution in [0, 0.1) is 5.92 Å². The summed E-state index contributed by atoms with van der Waals surface area (Å²) in [5.41, 5.74) is 0.456. The lowest BCUT2D eigenvalue weighted by Gasteiger charge is -2.25. The monoisotopic (exact) mass is 516 g/mol. The lowest BCUT2D eigenvalue weighted by molar-refractivity contribution is -0.131. The molecule has 2 atom stereocenters. The molecule has 1 aromatic carbocycles. The summed E-state index contributed by atoms with van der Waals surface area (Å²) in [6.07, 6.45) is 8.67. The first-order chi connectivity index (χ1) is 17.8. The molecular formula is C29H48N4O4. The molecule has 0 saturated carbocycles. The second-order valence-corrected chi connectivity index (χ2v) is 9.92. The van der Waals surface area contributed by atoms with Crippen molar-refractivity contribution in [3.63, 3.8) is 0 Å². The van der Waals surface area contributed by atoms with Gasteiger partial charge in [-0.25, -0.2) is 0 Å². The van der Waals surface area contributed by atoms with Crippen LogP contribution in [0.5, 0.6) is 0 Å². The number of hydrogen-bond donors (Lipinski definition) is 4. The molecule has 8 nitrogen and oxygen atoms in total. The lowest BCUT2D eigenvalue weighted by atomic mass is 10.0. The Bertz CT molecular complexity index is 813. The van der Waals surface area contributed by atoms with Gasteiger partial charge >= 0.3 is 0 Å². The van der Waals surface area contributed by atoms with Gasteiger partial charge in [0.15, 0.2) is 0 Å². The zero-order valence-corrected chi connectivity index (χ0v) is 23.2. The molecule has 0 aliphatic carbocycles. The summed E-state index contributed by atoms with van der Waals surface area (Å²) in [4.78, 5) is 51.2. The average Bonchev–Trinajstić information content (AvgIpc) is 2.89. The van der Waals surface area contributed by atoms with Crippen LogP contribution in [0.1, 0.15) is 102 Å². The largest absolute Gasteiger partial charge is 0.356 e. The minimum absolute atomic E-state index is 0.130. The molecule has 0 aliphatic heterocycles. The van der Waals surface area contributed by atoms with E-state index in [0.29, 0.717) is 18.7 Å². The molecule has 1 aromatic rings. The van der Waals surface area contributed by atoms with E-state index < -0.39 is 18.0 Å². The number of benzene rings is 1. The Labute approximate surface area is 223 Å². The molecule has 0 bridgehead atoms. The van der Waals surface area contributed by atoms with Crippen molar-refractivity contribution >= 4 is 23.6 Å². The van der Waals surface area contributed by atoms with E-state index in [2.05, 4.69) is 35.1 Å². The zero-order chi connectivity index (χ0) is 27.5. The first-order valence-electron chi connectivity index (χ1n) is 14.0. The van der Waals surface area contributed by atoms with Gasteiger partial charge in [-0.2, -0.15) is 0 Å². The van der Waals surface area contributed by atoms with Crippen LogP contribution in [-0.4, -0.2) is 48.8 Å². The Balaban J connectivity index is 2.77. The van der Waals surface area contributed by atoms with E-state index >= 15 is 0 Å². The fraction of sp³-hybridized carbons (Fsp3) is 0.655. The molecule has 4 amide bonds. The van der Waals surface area contributed by atoms with E-state index in [4.69, 9.17) is 0 Å². The molecular weight excluding hydrogens is 468 g/mol. The number of hydrogen-bond acceptors (Lipinski definition) is 4. The highest BCUT2D eigenvalue weighted by molar-refractivity contribution is 5.98. The molecule has 0 aromatic heterocycles. The Kier molecular flexibility index (Phi) is 16.7. The van der Waals surface area contributed by atoms with Crippen LogP contribution in [0.15, 0.2) is 30.3 Å². The normalized spacial score (nSPS) is 12.5. The number of nitrogens with one attached hydrogen (secondary N) is 4. The van der Waals surface area contributed by atoms with E-state index in [0.717, 1.165) is 51.4 Å². The van der Waals surface area contributed by atoms with Gasteiger partial charge in [0, 0.05) is 25.1 Å². The van der Waals surface area contributed by atoms with E-state index in [1.165, 1.54) is 0 Å². The van der Waals surface area contributed by atoms with Crippen LogP contribution in [-0.2, 0) is 14.4 Å². The molecule has 0 unspecified atom stereocenters. The summed E-state index contributed by atoms with van der Waals surface area (Å²) in [7, 11) is 0. The summed E-state index contributed by atoms with van der Waals surface area (Å²) in [6, 6.07) is 7.01. The van der Waals surface area contributed by atoms with E-state index in [9.17, 15) is 19.2 Å². The minimum atomic E-state index is -0.862. The maximum atomic E-state index is 13.2. The molecule has 0 heterocycles. The predicted octanol–water partition coefficient (Wildman–Crippen LogP) is 4.10. The Hall–Kier alpha value is -2.90. The molecule has 0 radical (unpaired) electrons. The number of carbonyl (C=O) groups is 4. The molecule has 1 rings (SSSR count). The van der Waals surface area contributed by atoms with Crippen LogP contribution in [0.4, 0.5) is 0 Å². The van der Waals surface area contributed by atoms with Gasteiger partial charge in [0.2, 0.25) is 17.7 Å². The van der Waals surface area contributed by atoms with Gasteiger partial charge in [-0.15, -0.1) is 0 Å². The molecule has 4 N–H and O–H groups in total. The van der Waals surface area contributed by atoms with Gasteiger partial charge in [-0.3, -0.25) is 19.2 Å². The van der Waals surface area contributed by atoms with Crippen LogP contribution in [0.2, 0.25) is 0 Å². The third kappa shape index (κ3) is 13.8. The van der Waals surface area contributed by atoms with E-state index in [-0.39, 0.29) is 36.5 Å². The van der Waals surface area contributed by atoms with Crippen molar-refractivity contribution in [3.05, 3.63) is 35.9 Å². The summed E-state index contributed by atoms with van der Waals surface area (Å²) in [5, 5.41) is 11.4. The SMILES string of the molecule is CCCCCCNC(=O)CC[C@@H](NC(=O)[C@H](NC(=O)c1ccccc1)C(C)C)C(=O)NCCCCCC. The predicted molar refractivity (Wildman–Crippen MR) is 148 cm³/mol.